The van der Waals surface area contributed by atoms with Crippen LogP contribution in [-0.4, -0.2) is 22.1 Å². The zero-order valence-electron chi connectivity index (χ0n) is 9.05. The van der Waals surface area contributed by atoms with Gasteiger partial charge < -0.3 is 4.18 Å². The van der Waals surface area contributed by atoms with Gasteiger partial charge in [0.05, 0.1) is 5.25 Å². The molecule has 1 atom stereocenters. The van der Waals surface area contributed by atoms with E-state index >= 15 is 0 Å². The van der Waals surface area contributed by atoms with Crippen LogP contribution in [0.15, 0.2) is 21.5 Å². The fourth-order valence-corrected chi connectivity index (χ4v) is 4.35. The van der Waals surface area contributed by atoms with Crippen LogP contribution in [0.3, 0.4) is 0 Å². The van der Waals surface area contributed by atoms with Crippen LogP contribution < -0.4 is 4.18 Å². The summed E-state index contributed by atoms with van der Waals surface area (Å²) in [6, 6.07) is 2.83. The molecule has 1 unspecified atom stereocenters. The van der Waals surface area contributed by atoms with Crippen molar-refractivity contribution in [3.8, 4) is 5.75 Å². The number of hydrogen-bond acceptors (Lipinski definition) is 5. The predicted molar refractivity (Wildman–Crippen MR) is 69.9 cm³/mol. The number of fused-ring (bicyclic) bond motifs is 1. The molecule has 0 aliphatic carbocycles. The lowest BCUT2D eigenvalue weighted by atomic mass is 10.1. The molecule has 2 rings (SSSR count). The summed E-state index contributed by atoms with van der Waals surface area (Å²) in [7, 11) is -2.62. The molecule has 0 radical (unpaired) electrons. The second-order valence-corrected chi connectivity index (χ2v) is 9.33. The van der Waals surface area contributed by atoms with E-state index in [1.807, 2.05) is 0 Å². The molecule has 0 amide bonds. The lowest BCUT2D eigenvalue weighted by molar-refractivity contribution is 0.449. The second kappa shape index (κ2) is 4.36. The van der Waals surface area contributed by atoms with Gasteiger partial charge in [-0.15, -0.1) is 0 Å². The minimum absolute atomic E-state index is 0.177. The number of hydrogen-bond donors (Lipinski definition) is 0. The van der Waals surface area contributed by atoms with Crippen molar-refractivity contribution in [3.63, 3.8) is 0 Å². The second-order valence-electron chi connectivity index (χ2n) is 3.92. The molecule has 0 saturated carbocycles. The summed E-state index contributed by atoms with van der Waals surface area (Å²) in [6.45, 7) is 1.49. The Kier molecular flexibility index (Phi) is 3.42. The van der Waals surface area contributed by atoms with Crippen molar-refractivity contribution in [1.82, 2.24) is 0 Å². The molecule has 18 heavy (non-hydrogen) atoms. The van der Waals surface area contributed by atoms with E-state index < -0.39 is 24.4 Å². The average molecular weight is 376 g/mol. The molecule has 1 heterocycles. The molecule has 100 valence electrons. The van der Waals surface area contributed by atoms with Gasteiger partial charge in [0.25, 0.3) is 9.05 Å². The molecule has 0 spiro atoms. The lowest BCUT2D eigenvalue weighted by Crippen LogP contribution is -2.30. The summed E-state index contributed by atoms with van der Waals surface area (Å²) in [5, 5.41) is -0.731. The summed E-state index contributed by atoms with van der Waals surface area (Å²) in [4.78, 5) is -0.344. The van der Waals surface area contributed by atoms with Crippen LogP contribution in [0.1, 0.15) is 12.5 Å². The largest absolute Gasteiger partial charge is 0.380 e. The molecule has 0 bridgehead atoms. The van der Waals surface area contributed by atoms with Gasteiger partial charge in [-0.3, -0.25) is 0 Å². The highest BCUT2D eigenvalue weighted by molar-refractivity contribution is 9.10. The number of halogens is 2. The summed E-state index contributed by atoms with van der Waals surface area (Å²) in [5.41, 5.74) is 0.492. The Morgan fingerprint density at radius 2 is 2.06 bits per heavy atom. The van der Waals surface area contributed by atoms with Gasteiger partial charge in [-0.2, -0.15) is 8.42 Å². The smallest absolute Gasteiger partial charge is 0.312 e. The van der Waals surface area contributed by atoms with E-state index in [-0.39, 0.29) is 17.1 Å². The molecule has 5 nitrogen and oxygen atoms in total. The fourth-order valence-electron chi connectivity index (χ4n) is 1.66. The van der Waals surface area contributed by atoms with Crippen LogP contribution in [0.25, 0.3) is 0 Å². The highest BCUT2D eigenvalue weighted by Gasteiger charge is 2.34. The van der Waals surface area contributed by atoms with Crippen LogP contribution in [0, 0.1) is 0 Å². The maximum atomic E-state index is 11.6. The monoisotopic (exact) mass is 374 g/mol. The molecule has 1 aromatic carbocycles. The minimum Gasteiger partial charge on any atom is -0.380 e. The van der Waals surface area contributed by atoms with E-state index in [0.29, 0.717) is 10.0 Å². The van der Waals surface area contributed by atoms with Crippen molar-refractivity contribution in [2.24, 2.45) is 0 Å². The van der Waals surface area contributed by atoms with E-state index in [1.165, 1.54) is 13.0 Å². The summed E-state index contributed by atoms with van der Waals surface area (Å²) in [5.74, 6) is -0.202. The van der Waals surface area contributed by atoms with Gasteiger partial charge >= 0.3 is 10.1 Å². The highest BCUT2D eigenvalue weighted by atomic mass is 79.9. The Morgan fingerprint density at radius 3 is 2.61 bits per heavy atom. The van der Waals surface area contributed by atoms with Crippen molar-refractivity contribution in [2.75, 3.05) is 0 Å². The molecule has 0 saturated heterocycles. The quantitative estimate of drug-likeness (QED) is 0.554. The van der Waals surface area contributed by atoms with Gasteiger partial charge in [-0.05, 0) is 31.0 Å². The highest BCUT2D eigenvalue weighted by Crippen LogP contribution is 2.39. The van der Waals surface area contributed by atoms with Crippen LogP contribution in [0.5, 0.6) is 5.75 Å². The Balaban J connectivity index is 2.75. The fraction of sp³-hybridized carbons (Fsp3) is 0.333. The summed E-state index contributed by atoms with van der Waals surface area (Å²) >= 11 is 3.15. The first-order valence-corrected chi connectivity index (χ1v) is 9.39. The topological polar surface area (TPSA) is 77.5 Å². The van der Waals surface area contributed by atoms with Gasteiger partial charge in [0, 0.05) is 15.2 Å². The third-order valence-electron chi connectivity index (χ3n) is 2.56. The SMILES string of the molecule is CC1Cc2cc(Br)cc(S(=O)(=O)Cl)c2OS1(=O)=O. The van der Waals surface area contributed by atoms with E-state index in [1.54, 1.807) is 6.07 Å². The Morgan fingerprint density at radius 1 is 1.44 bits per heavy atom. The van der Waals surface area contributed by atoms with Crippen LogP contribution in [0.4, 0.5) is 0 Å². The van der Waals surface area contributed by atoms with Crippen LogP contribution in [-0.2, 0) is 25.6 Å². The van der Waals surface area contributed by atoms with Gasteiger partial charge in [0.2, 0.25) is 0 Å². The van der Waals surface area contributed by atoms with Crippen LogP contribution >= 0.6 is 26.6 Å². The summed E-state index contributed by atoms with van der Waals surface area (Å²) < 4.78 is 51.4. The van der Waals surface area contributed by atoms with Crippen molar-refractivity contribution >= 4 is 45.8 Å². The molecule has 0 fully saturated rings. The van der Waals surface area contributed by atoms with E-state index in [2.05, 4.69) is 15.9 Å². The molecule has 0 N–H and O–H groups in total. The van der Waals surface area contributed by atoms with Crippen molar-refractivity contribution in [1.29, 1.82) is 0 Å². The minimum atomic E-state index is -4.08. The van der Waals surface area contributed by atoms with Crippen molar-refractivity contribution in [3.05, 3.63) is 22.2 Å². The van der Waals surface area contributed by atoms with Gasteiger partial charge in [0.1, 0.15) is 4.90 Å². The van der Waals surface area contributed by atoms with Crippen molar-refractivity contribution in [2.45, 2.75) is 23.5 Å². The summed E-state index contributed by atoms with van der Waals surface area (Å²) in [6.07, 6.45) is 0.177. The molecule has 0 aromatic heterocycles. The van der Waals surface area contributed by atoms with Gasteiger partial charge in [-0.25, -0.2) is 8.42 Å². The molecule has 1 aliphatic heterocycles. The normalized spacial score (nSPS) is 22.1. The zero-order chi connectivity index (χ0) is 13.7. The van der Waals surface area contributed by atoms with Crippen LogP contribution in [0.2, 0.25) is 0 Å². The van der Waals surface area contributed by atoms with E-state index in [4.69, 9.17) is 14.9 Å². The lowest BCUT2D eigenvalue weighted by Gasteiger charge is -2.23. The molecular formula is C9H8BrClO5S2. The number of benzene rings is 1. The first-order valence-electron chi connectivity index (χ1n) is 4.81. The zero-order valence-corrected chi connectivity index (χ0v) is 13.0. The van der Waals surface area contributed by atoms with Gasteiger partial charge in [0.15, 0.2) is 5.75 Å². The Hall–Kier alpha value is -0.310. The average Bonchev–Trinajstić information content (AvgIpc) is 2.18. The van der Waals surface area contributed by atoms with Gasteiger partial charge in [-0.1, -0.05) is 15.9 Å². The Labute approximate surface area is 118 Å². The van der Waals surface area contributed by atoms with E-state index in [9.17, 15) is 16.8 Å². The maximum Gasteiger partial charge on any atom is 0.312 e. The van der Waals surface area contributed by atoms with E-state index in [0.717, 1.165) is 0 Å². The Bertz CT molecular complexity index is 711. The standard InChI is InChI=1S/C9H8BrClO5S2/c1-5-2-6-3-7(10)4-8(17(11,12)13)9(6)16-18(5,14)15/h3-5H,2H2,1H3. The number of rotatable bonds is 1. The molecule has 9 heteroatoms. The molecule has 1 aliphatic rings. The first kappa shape index (κ1) is 14.1. The third-order valence-corrected chi connectivity index (χ3v) is 5.90. The molecule has 1 aromatic rings. The predicted octanol–water partition coefficient (Wildman–Crippen LogP) is 2.03. The van der Waals surface area contributed by atoms with Crippen molar-refractivity contribution < 1.29 is 21.0 Å². The molecular weight excluding hydrogens is 368 g/mol. The maximum absolute atomic E-state index is 11.6. The first-order chi connectivity index (χ1) is 8.11. The third kappa shape index (κ3) is 2.52.